The summed E-state index contributed by atoms with van der Waals surface area (Å²) < 4.78 is 5.03. The van der Waals surface area contributed by atoms with Gasteiger partial charge in [0.15, 0.2) is 0 Å². The number of nitriles is 1. The minimum absolute atomic E-state index is 0.612. The van der Waals surface area contributed by atoms with Crippen molar-refractivity contribution in [1.29, 1.82) is 5.26 Å². The van der Waals surface area contributed by atoms with Crippen LogP contribution in [0.15, 0.2) is 0 Å². The van der Waals surface area contributed by atoms with Gasteiger partial charge in [0, 0.05) is 38.9 Å². The van der Waals surface area contributed by atoms with Crippen molar-refractivity contribution in [3.8, 4) is 6.07 Å². The fourth-order valence-electron chi connectivity index (χ4n) is 1.10. The summed E-state index contributed by atoms with van der Waals surface area (Å²) in [6.45, 7) is 5.78. The van der Waals surface area contributed by atoms with Crippen LogP contribution in [-0.4, -0.2) is 49.8 Å². The van der Waals surface area contributed by atoms with E-state index in [1.54, 1.807) is 7.11 Å². The van der Waals surface area contributed by atoms with Gasteiger partial charge in [-0.05, 0) is 5.75 Å². The molecule has 0 aliphatic rings. The Labute approximate surface area is 91.4 Å². The molecule has 0 aromatic carbocycles. The van der Waals surface area contributed by atoms with E-state index in [0.29, 0.717) is 6.42 Å². The third kappa shape index (κ3) is 8.36. The summed E-state index contributed by atoms with van der Waals surface area (Å²) in [5.41, 5.74) is 0. The van der Waals surface area contributed by atoms with Crippen molar-refractivity contribution in [2.75, 3.05) is 44.9 Å². The molecule has 0 bridgehead atoms. The molecule has 4 heteroatoms. The SMILES string of the molecule is CCSCCN(CCC#N)CCOC. The van der Waals surface area contributed by atoms with Crippen LogP contribution in [0.2, 0.25) is 0 Å². The highest BCUT2D eigenvalue weighted by atomic mass is 32.2. The average molecular weight is 216 g/mol. The monoisotopic (exact) mass is 216 g/mol. The predicted octanol–water partition coefficient (Wildman–Crippen LogP) is 1.60. The van der Waals surface area contributed by atoms with Crippen LogP contribution < -0.4 is 0 Å². The first-order valence-corrected chi connectivity index (χ1v) is 6.16. The Bertz CT molecular complexity index is 159. The van der Waals surface area contributed by atoms with Gasteiger partial charge in [-0.25, -0.2) is 0 Å². The van der Waals surface area contributed by atoms with Crippen LogP contribution in [0.1, 0.15) is 13.3 Å². The minimum Gasteiger partial charge on any atom is -0.383 e. The second-order valence-electron chi connectivity index (χ2n) is 2.94. The Morgan fingerprint density at radius 3 is 2.71 bits per heavy atom. The van der Waals surface area contributed by atoms with Gasteiger partial charge in [0.05, 0.1) is 12.7 Å². The molecule has 0 heterocycles. The summed E-state index contributed by atoms with van der Waals surface area (Å²) in [5, 5.41) is 8.50. The van der Waals surface area contributed by atoms with Gasteiger partial charge in [-0.15, -0.1) is 0 Å². The third-order valence-electron chi connectivity index (χ3n) is 1.91. The second kappa shape index (κ2) is 10.8. The minimum atomic E-state index is 0.612. The predicted molar refractivity (Wildman–Crippen MR) is 61.5 cm³/mol. The highest BCUT2D eigenvalue weighted by Gasteiger charge is 2.03. The molecular formula is C10H20N2OS. The topological polar surface area (TPSA) is 36.3 Å². The molecule has 0 aliphatic carbocycles. The van der Waals surface area contributed by atoms with Crippen molar-refractivity contribution in [1.82, 2.24) is 4.90 Å². The standard InChI is InChI=1S/C10H20N2OS/c1-3-14-10-8-12(6-4-5-11)7-9-13-2/h3-4,6-10H2,1-2H3. The Kier molecular flexibility index (Phi) is 10.7. The molecule has 0 amide bonds. The van der Waals surface area contributed by atoms with Gasteiger partial charge in [-0.2, -0.15) is 17.0 Å². The van der Waals surface area contributed by atoms with Gasteiger partial charge in [-0.3, -0.25) is 4.90 Å². The first kappa shape index (κ1) is 13.8. The second-order valence-corrected chi connectivity index (χ2v) is 4.33. The maximum absolute atomic E-state index is 8.50. The molecule has 0 rings (SSSR count). The zero-order chi connectivity index (χ0) is 10.6. The molecule has 0 aliphatic heterocycles. The zero-order valence-electron chi connectivity index (χ0n) is 9.16. The summed E-state index contributed by atoms with van der Waals surface area (Å²) >= 11 is 1.94. The molecule has 3 nitrogen and oxygen atoms in total. The van der Waals surface area contributed by atoms with E-state index < -0.39 is 0 Å². The molecule has 0 radical (unpaired) electrons. The van der Waals surface area contributed by atoms with Gasteiger partial charge < -0.3 is 4.74 Å². The number of hydrogen-bond donors (Lipinski definition) is 0. The Morgan fingerprint density at radius 2 is 2.14 bits per heavy atom. The molecule has 0 aromatic heterocycles. The van der Waals surface area contributed by atoms with Crippen LogP contribution in [-0.2, 0) is 4.74 Å². The lowest BCUT2D eigenvalue weighted by atomic mass is 10.4. The van der Waals surface area contributed by atoms with Gasteiger partial charge >= 0.3 is 0 Å². The molecule has 0 aromatic rings. The lowest BCUT2D eigenvalue weighted by Crippen LogP contribution is -2.30. The molecule has 82 valence electrons. The van der Waals surface area contributed by atoms with E-state index in [0.717, 1.165) is 37.7 Å². The quantitative estimate of drug-likeness (QED) is 0.549. The van der Waals surface area contributed by atoms with Crippen molar-refractivity contribution in [2.24, 2.45) is 0 Å². The van der Waals surface area contributed by atoms with Crippen LogP contribution >= 0.6 is 11.8 Å². The van der Waals surface area contributed by atoms with Gasteiger partial charge in [0.2, 0.25) is 0 Å². The molecule has 0 fully saturated rings. The Morgan fingerprint density at radius 1 is 1.36 bits per heavy atom. The van der Waals surface area contributed by atoms with Crippen molar-refractivity contribution < 1.29 is 4.74 Å². The van der Waals surface area contributed by atoms with Crippen LogP contribution in [0, 0.1) is 11.3 Å². The summed E-state index contributed by atoms with van der Waals surface area (Å²) in [6.07, 6.45) is 0.612. The van der Waals surface area contributed by atoms with E-state index in [1.165, 1.54) is 0 Å². The third-order valence-corrected chi connectivity index (χ3v) is 2.79. The highest BCUT2D eigenvalue weighted by molar-refractivity contribution is 7.99. The molecule has 0 saturated carbocycles. The Hall–Kier alpha value is -0.240. The normalized spacial score (nSPS) is 10.4. The first-order valence-electron chi connectivity index (χ1n) is 5.01. The molecule has 0 atom stereocenters. The van der Waals surface area contributed by atoms with E-state index >= 15 is 0 Å². The van der Waals surface area contributed by atoms with Crippen LogP contribution in [0.5, 0.6) is 0 Å². The zero-order valence-corrected chi connectivity index (χ0v) is 9.98. The summed E-state index contributed by atoms with van der Waals surface area (Å²) in [5.74, 6) is 2.31. The smallest absolute Gasteiger partial charge is 0.0635 e. The molecule has 0 unspecified atom stereocenters. The number of hydrogen-bond acceptors (Lipinski definition) is 4. The number of methoxy groups -OCH3 is 1. The molecule has 0 N–H and O–H groups in total. The number of thioether (sulfide) groups is 1. The van der Waals surface area contributed by atoms with Crippen LogP contribution in [0.4, 0.5) is 0 Å². The lowest BCUT2D eigenvalue weighted by molar-refractivity contribution is 0.153. The summed E-state index contributed by atoms with van der Waals surface area (Å²) in [7, 11) is 1.71. The molecule has 0 saturated heterocycles. The van der Waals surface area contributed by atoms with E-state index in [2.05, 4.69) is 17.9 Å². The maximum Gasteiger partial charge on any atom is 0.0635 e. The Balaban J connectivity index is 3.56. The number of rotatable bonds is 9. The van der Waals surface area contributed by atoms with Crippen LogP contribution in [0.25, 0.3) is 0 Å². The number of ether oxygens (including phenoxy) is 1. The van der Waals surface area contributed by atoms with Crippen molar-refractivity contribution in [2.45, 2.75) is 13.3 Å². The van der Waals surface area contributed by atoms with E-state index in [4.69, 9.17) is 10.00 Å². The lowest BCUT2D eigenvalue weighted by Gasteiger charge is -2.20. The highest BCUT2D eigenvalue weighted by Crippen LogP contribution is 2.00. The molecular weight excluding hydrogens is 196 g/mol. The largest absolute Gasteiger partial charge is 0.383 e. The molecule has 14 heavy (non-hydrogen) atoms. The summed E-state index contributed by atoms with van der Waals surface area (Å²) in [4.78, 5) is 2.29. The molecule has 0 spiro atoms. The fraction of sp³-hybridized carbons (Fsp3) is 0.900. The van der Waals surface area contributed by atoms with Crippen molar-refractivity contribution >= 4 is 11.8 Å². The van der Waals surface area contributed by atoms with Gasteiger partial charge in [0.1, 0.15) is 0 Å². The first-order chi connectivity index (χ1) is 6.85. The van der Waals surface area contributed by atoms with E-state index in [9.17, 15) is 0 Å². The van der Waals surface area contributed by atoms with Crippen molar-refractivity contribution in [3.05, 3.63) is 0 Å². The van der Waals surface area contributed by atoms with Gasteiger partial charge in [-0.1, -0.05) is 6.92 Å². The summed E-state index contributed by atoms with van der Waals surface area (Å²) in [6, 6.07) is 2.18. The maximum atomic E-state index is 8.50. The average Bonchev–Trinajstić information content (AvgIpc) is 2.21. The number of nitrogens with zero attached hydrogens (tertiary/aromatic N) is 2. The van der Waals surface area contributed by atoms with E-state index in [-0.39, 0.29) is 0 Å². The fourth-order valence-corrected chi connectivity index (χ4v) is 1.78. The van der Waals surface area contributed by atoms with Crippen molar-refractivity contribution in [3.63, 3.8) is 0 Å². The van der Waals surface area contributed by atoms with Gasteiger partial charge in [0.25, 0.3) is 0 Å². The van der Waals surface area contributed by atoms with Crippen LogP contribution in [0.3, 0.4) is 0 Å². The van der Waals surface area contributed by atoms with E-state index in [1.807, 2.05) is 11.8 Å².